The lowest BCUT2D eigenvalue weighted by molar-refractivity contribution is -0.154. The zero-order chi connectivity index (χ0) is 21.5. The number of halogens is 2. The summed E-state index contributed by atoms with van der Waals surface area (Å²) in [6.45, 7) is 2.56. The number of amides is 1. The molecule has 0 saturated carbocycles. The Morgan fingerprint density at radius 1 is 1.10 bits per heavy atom. The number of fused-ring (bicyclic) bond motifs is 1. The van der Waals surface area contributed by atoms with Crippen LogP contribution in [-0.2, 0) is 20.7 Å². The summed E-state index contributed by atoms with van der Waals surface area (Å²) in [7, 11) is 0. The molecular formula is C21H21Cl2NO6. The molecule has 1 atom stereocenters. The average molecular weight is 454 g/mol. The SMILES string of the molecule is CC(Oc1ccc(Cl)cc1Cl)C(=O)OCC(=O)NCCc1ccc2c(c1)OCCO2. The molecule has 9 heteroatoms. The van der Waals surface area contributed by atoms with Crippen molar-refractivity contribution in [1.82, 2.24) is 5.32 Å². The smallest absolute Gasteiger partial charge is 0.347 e. The van der Waals surface area contributed by atoms with Crippen molar-refractivity contribution in [3.8, 4) is 17.2 Å². The van der Waals surface area contributed by atoms with Crippen molar-refractivity contribution >= 4 is 35.1 Å². The quantitative estimate of drug-likeness (QED) is 0.616. The molecule has 0 spiro atoms. The van der Waals surface area contributed by atoms with E-state index < -0.39 is 24.6 Å². The van der Waals surface area contributed by atoms with Crippen molar-refractivity contribution in [2.24, 2.45) is 0 Å². The number of esters is 1. The normalized spacial score (nSPS) is 13.3. The van der Waals surface area contributed by atoms with Crippen molar-refractivity contribution in [3.63, 3.8) is 0 Å². The molecule has 1 amide bonds. The van der Waals surface area contributed by atoms with Gasteiger partial charge in [0.2, 0.25) is 0 Å². The molecule has 2 aromatic carbocycles. The zero-order valence-corrected chi connectivity index (χ0v) is 17.8. The van der Waals surface area contributed by atoms with E-state index in [-0.39, 0.29) is 5.02 Å². The Morgan fingerprint density at radius 2 is 1.87 bits per heavy atom. The predicted molar refractivity (Wildman–Crippen MR) is 112 cm³/mol. The maximum absolute atomic E-state index is 12.0. The van der Waals surface area contributed by atoms with Crippen LogP contribution >= 0.6 is 23.2 Å². The Hall–Kier alpha value is -2.64. The molecule has 0 aliphatic carbocycles. The number of ether oxygens (including phenoxy) is 4. The van der Waals surface area contributed by atoms with Crippen molar-refractivity contribution in [2.45, 2.75) is 19.4 Å². The standard InChI is InChI=1S/C21H21Cl2NO6/c1-13(30-17-5-3-15(22)11-16(17)23)21(26)29-12-20(25)24-7-6-14-2-4-18-19(10-14)28-9-8-27-18/h2-5,10-11,13H,6-9,12H2,1H3,(H,24,25). The van der Waals surface area contributed by atoms with Gasteiger partial charge in [0.05, 0.1) is 5.02 Å². The lowest BCUT2D eigenvalue weighted by atomic mass is 10.1. The number of rotatable bonds is 8. The topological polar surface area (TPSA) is 83.1 Å². The summed E-state index contributed by atoms with van der Waals surface area (Å²) in [6.07, 6.45) is -0.334. The van der Waals surface area contributed by atoms with E-state index in [9.17, 15) is 9.59 Å². The van der Waals surface area contributed by atoms with E-state index in [0.29, 0.717) is 42.7 Å². The summed E-state index contributed by atoms with van der Waals surface area (Å²) in [5.74, 6) is 0.640. The molecule has 160 valence electrons. The Morgan fingerprint density at radius 3 is 2.63 bits per heavy atom. The monoisotopic (exact) mass is 453 g/mol. The highest BCUT2D eigenvalue weighted by molar-refractivity contribution is 6.35. The Bertz CT molecular complexity index is 920. The van der Waals surface area contributed by atoms with Gasteiger partial charge < -0.3 is 24.3 Å². The van der Waals surface area contributed by atoms with Crippen molar-refractivity contribution in [2.75, 3.05) is 26.4 Å². The maximum Gasteiger partial charge on any atom is 0.347 e. The lowest BCUT2D eigenvalue weighted by Gasteiger charge is -2.19. The fourth-order valence-corrected chi connectivity index (χ4v) is 3.16. The van der Waals surface area contributed by atoms with E-state index in [2.05, 4.69) is 5.32 Å². The van der Waals surface area contributed by atoms with Crippen LogP contribution in [-0.4, -0.2) is 44.3 Å². The van der Waals surface area contributed by atoms with Crippen molar-refractivity contribution < 1.29 is 28.5 Å². The van der Waals surface area contributed by atoms with Gasteiger partial charge in [-0.3, -0.25) is 4.79 Å². The number of nitrogens with one attached hydrogen (secondary N) is 1. The second-order valence-corrected chi connectivity index (χ2v) is 7.36. The van der Waals surface area contributed by atoms with Crippen molar-refractivity contribution in [1.29, 1.82) is 0 Å². The van der Waals surface area contributed by atoms with E-state index in [4.69, 9.17) is 42.1 Å². The number of hydrogen-bond donors (Lipinski definition) is 1. The van der Waals surface area contributed by atoms with Crippen LogP contribution in [0, 0.1) is 0 Å². The Kier molecular flexibility index (Phi) is 7.65. The minimum Gasteiger partial charge on any atom is -0.486 e. The van der Waals surface area contributed by atoms with Gasteiger partial charge in [0.25, 0.3) is 5.91 Å². The van der Waals surface area contributed by atoms with E-state index >= 15 is 0 Å². The molecule has 0 aromatic heterocycles. The Balaban J connectivity index is 1.38. The van der Waals surface area contributed by atoms with Crippen LogP contribution in [0.1, 0.15) is 12.5 Å². The van der Waals surface area contributed by atoms with Crippen LogP contribution in [0.5, 0.6) is 17.2 Å². The van der Waals surface area contributed by atoms with Gasteiger partial charge in [0, 0.05) is 11.6 Å². The second kappa shape index (κ2) is 10.4. The molecule has 7 nitrogen and oxygen atoms in total. The average Bonchev–Trinajstić information content (AvgIpc) is 2.73. The first-order valence-electron chi connectivity index (χ1n) is 9.36. The molecule has 0 radical (unpaired) electrons. The zero-order valence-electron chi connectivity index (χ0n) is 16.3. The molecule has 1 unspecified atom stereocenters. The highest BCUT2D eigenvalue weighted by Gasteiger charge is 2.19. The van der Waals surface area contributed by atoms with Gasteiger partial charge in [-0.05, 0) is 49.2 Å². The van der Waals surface area contributed by atoms with Crippen LogP contribution in [0.3, 0.4) is 0 Å². The highest BCUT2D eigenvalue weighted by Crippen LogP contribution is 2.31. The van der Waals surface area contributed by atoms with E-state index in [1.807, 2.05) is 18.2 Å². The minimum absolute atomic E-state index is 0.277. The first-order chi connectivity index (χ1) is 14.4. The first kappa shape index (κ1) is 22.1. The van der Waals surface area contributed by atoms with Crippen LogP contribution in [0.25, 0.3) is 0 Å². The number of benzene rings is 2. The molecule has 2 aromatic rings. The van der Waals surface area contributed by atoms with Gasteiger partial charge in [-0.15, -0.1) is 0 Å². The minimum atomic E-state index is -0.936. The van der Waals surface area contributed by atoms with Crippen LogP contribution < -0.4 is 19.5 Å². The summed E-state index contributed by atoms with van der Waals surface area (Å²) in [6, 6.07) is 10.3. The third-order valence-electron chi connectivity index (χ3n) is 4.22. The second-order valence-electron chi connectivity index (χ2n) is 6.52. The van der Waals surface area contributed by atoms with Gasteiger partial charge in [-0.2, -0.15) is 0 Å². The van der Waals surface area contributed by atoms with E-state index in [1.54, 1.807) is 12.1 Å². The number of carbonyl (C=O) groups excluding carboxylic acids is 2. The number of hydrogen-bond acceptors (Lipinski definition) is 6. The van der Waals surface area contributed by atoms with E-state index in [1.165, 1.54) is 13.0 Å². The van der Waals surface area contributed by atoms with Gasteiger partial charge in [-0.25, -0.2) is 4.79 Å². The largest absolute Gasteiger partial charge is 0.486 e. The summed E-state index contributed by atoms with van der Waals surface area (Å²) < 4.78 is 21.5. The van der Waals surface area contributed by atoms with Gasteiger partial charge in [-0.1, -0.05) is 29.3 Å². The molecule has 0 fully saturated rings. The van der Waals surface area contributed by atoms with Crippen LogP contribution in [0.4, 0.5) is 0 Å². The van der Waals surface area contributed by atoms with Gasteiger partial charge in [0.1, 0.15) is 19.0 Å². The summed E-state index contributed by atoms with van der Waals surface area (Å²) in [5.41, 5.74) is 0.999. The molecule has 30 heavy (non-hydrogen) atoms. The van der Waals surface area contributed by atoms with Crippen molar-refractivity contribution in [3.05, 3.63) is 52.0 Å². The lowest BCUT2D eigenvalue weighted by Crippen LogP contribution is -2.33. The molecule has 1 aliphatic heterocycles. The molecular weight excluding hydrogens is 433 g/mol. The van der Waals surface area contributed by atoms with Gasteiger partial charge in [0.15, 0.2) is 24.2 Å². The molecule has 1 heterocycles. The molecule has 1 aliphatic rings. The fourth-order valence-electron chi connectivity index (χ4n) is 2.70. The molecule has 0 bridgehead atoms. The summed E-state index contributed by atoms with van der Waals surface area (Å²) >= 11 is 11.8. The fraction of sp³-hybridized carbons (Fsp3) is 0.333. The number of carbonyl (C=O) groups is 2. The van der Waals surface area contributed by atoms with Crippen LogP contribution in [0.15, 0.2) is 36.4 Å². The molecule has 0 saturated heterocycles. The maximum atomic E-state index is 12.0. The van der Waals surface area contributed by atoms with E-state index in [0.717, 1.165) is 11.3 Å². The summed E-state index contributed by atoms with van der Waals surface area (Å²) in [5, 5.41) is 3.44. The third kappa shape index (κ3) is 6.18. The molecule has 1 N–H and O–H groups in total. The third-order valence-corrected chi connectivity index (χ3v) is 4.75. The molecule has 3 rings (SSSR count). The first-order valence-corrected chi connectivity index (χ1v) is 10.1. The highest BCUT2D eigenvalue weighted by atomic mass is 35.5. The van der Waals surface area contributed by atoms with Crippen LogP contribution in [0.2, 0.25) is 10.0 Å². The Labute approximate surface area is 184 Å². The predicted octanol–water partition coefficient (Wildman–Crippen LogP) is 3.43. The summed E-state index contributed by atoms with van der Waals surface area (Å²) in [4.78, 5) is 24.0. The van der Waals surface area contributed by atoms with Gasteiger partial charge >= 0.3 is 5.97 Å².